The van der Waals surface area contributed by atoms with Crippen LogP contribution in [0.2, 0.25) is 15.1 Å². The number of nitrogens with zero attached hydrogens (tertiary/aromatic N) is 1. The van der Waals surface area contributed by atoms with E-state index < -0.39 is 11.4 Å². The maximum absolute atomic E-state index is 13.6. The summed E-state index contributed by atoms with van der Waals surface area (Å²) < 4.78 is 6.88. The maximum atomic E-state index is 13.6. The fourth-order valence-electron chi connectivity index (χ4n) is 3.41. The molecule has 0 bridgehead atoms. The van der Waals surface area contributed by atoms with E-state index in [4.69, 9.17) is 39.5 Å². The SMILES string of the molecule is CCn1c(CBr)c(-c2ccc(Cl)cc2)c(=O)c(C(=O)OC)c1-c1ccc(Cl)c(Cl)c1. The number of hydrogen-bond acceptors (Lipinski definition) is 3. The third-order valence-corrected chi connectivity index (χ3v) is 6.26. The number of hydrogen-bond donors (Lipinski definition) is 0. The van der Waals surface area contributed by atoms with Gasteiger partial charge in [0.15, 0.2) is 0 Å². The molecular formula is C22H17BrCl3NO3. The number of ether oxygens (including phenoxy) is 1. The van der Waals surface area contributed by atoms with Gasteiger partial charge in [-0.05, 0) is 36.8 Å². The van der Waals surface area contributed by atoms with Crippen LogP contribution in [-0.4, -0.2) is 17.6 Å². The van der Waals surface area contributed by atoms with Crippen LogP contribution in [0.4, 0.5) is 0 Å². The van der Waals surface area contributed by atoms with Crippen molar-refractivity contribution in [3.8, 4) is 22.4 Å². The van der Waals surface area contributed by atoms with E-state index in [9.17, 15) is 9.59 Å². The molecule has 0 saturated heterocycles. The Balaban J connectivity index is 2.50. The summed E-state index contributed by atoms with van der Waals surface area (Å²) in [7, 11) is 1.25. The molecule has 0 spiro atoms. The van der Waals surface area contributed by atoms with E-state index in [1.807, 2.05) is 11.5 Å². The lowest BCUT2D eigenvalue weighted by Gasteiger charge is -2.23. The molecule has 0 atom stereocenters. The van der Waals surface area contributed by atoms with Crippen molar-refractivity contribution in [1.82, 2.24) is 4.57 Å². The van der Waals surface area contributed by atoms with E-state index in [-0.39, 0.29) is 5.56 Å². The second-order valence-electron chi connectivity index (χ2n) is 6.38. The first-order chi connectivity index (χ1) is 14.3. The Morgan fingerprint density at radius 2 is 1.67 bits per heavy atom. The van der Waals surface area contributed by atoms with E-state index in [0.29, 0.717) is 49.3 Å². The summed E-state index contributed by atoms with van der Waals surface area (Å²) in [5.74, 6) is -0.723. The highest BCUT2D eigenvalue weighted by atomic mass is 79.9. The number of carbonyl (C=O) groups is 1. The third-order valence-electron chi connectivity index (χ3n) is 4.73. The number of carbonyl (C=O) groups excluding carboxylic acids is 1. The van der Waals surface area contributed by atoms with Gasteiger partial charge in [0.2, 0.25) is 5.43 Å². The van der Waals surface area contributed by atoms with Gasteiger partial charge in [-0.25, -0.2) is 4.79 Å². The lowest BCUT2D eigenvalue weighted by Crippen LogP contribution is -2.26. The zero-order valence-corrected chi connectivity index (χ0v) is 20.0. The van der Waals surface area contributed by atoms with Crippen molar-refractivity contribution in [2.75, 3.05) is 7.11 Å². The molecule has 3 rings (SSSR count). The molecule has 0 N–H and O–H groups in total. The summed E-state index contributed by atoms with van der Waals surface area (Å²) in [4.78, 5) is 26.4. The smallest absolute Gasteiger partial charge is 0.344 e. The van der Waals surface area contributed by atoms with Crippen molar-refractivity contribution >= 4 is 56.7 Å². The molecule has 0 aliphatic carbocycles. The van der Waals surface area contributed by atoms with Crippen LogP contribution in [0.5, 0.6) is 0 Å². The molecule has 0 saturated carbocycles. The number of pyridine rings is 1. The van der Waals surface area contributed by atoms with Crippen molar-refractivity contribution in [3.63, 3.8) is 0 Å². The number of rotatable bonds is 5. The van der Waals surface area contributed by atoms with Gasteiger partial charge >= 0.3 is 5.97 Å². The largest absolute Gasteiger partial charge is 0.465 e. The fraction of sp³-hybridized carbons (Fsp3) is 0.182. The minimum atomic E-state index is -0.723. The summed E-state index contributed by atoms with van der Waals surface area (Å²) >= 11 is 21.8. The molecule has 0 unspecified atom stereocenters. The standard InChI is InChI=1S/C22H17BrCl3NO3/c1-3-27-17(11-23)18(12-4-7-14(24)8-5-12)21(28)19(22(29)30-2)20(27)13-6-9-15(25)16(26)10-13/h4-10H,3,11H2,1-2H3. The molecule has 0 aliphatic heterocycles. The van der Waals surface area contributed by atoms with Gasteiger partial charge in [-0.1, -0.05) is 68.9 Å². The normalized spacial score (nSPS) is 10.9. The highest BCUT2D eigenvalue weighted by Crippen LogP contribution is 2.34. The number of esters is 1. The number of benzene rings is 2. The highest BCUT2D eigenvalue weighted by Gasteiger charge is 2.27. The van der Waals surface area contributed by atoms with Crippen LogP contribution < -0.4 is 5.43 Å². The lowest BCUT2D eigenvalue weighted by molar-refractivity contribution is 0.0599. The first kappa shape index (κ1) is 22.9. The zero-order chi connectivity index (χ0) is 22.0. The molecule has 2 aromatic carbocycles. The first-order valence-electron chi connectivity index (χ1n) is 8.99. The van der Waals surface area contributed by atoms with E-state index in [1.54, 1.807) is 42.5 Å². The predicted octanol–water partition coefficient (Wildman–Crippen LogP) is 6.84. The average molecular weight is 530 g/mol. The molecule has 1 aromatic heterocycles. The van der Waals surface area contributed by atoms with Crippen molar-refractivity contribution in [2.45, 2.75) is 18.8 Å². The molecule has 8 heteroatoms. The Bertz CT molecular complexity index is 1170. The van der Waals surface area contributed by atoms with Gasteiger partial charge in [0.1, 0.15) is 5.56 Å². The van der Waals surface area contributed by atoms with Crippen LogP contribution in [0.3, 0.4) is 0 Å². The summed E-state index contributed by atoms with van der Waals surface area (Å²) in [6.07, 6.45) is 0. The van der Waals surface area contributed by atoms with Crippen molar-refractivity contribution in [1.29, 1.82) is 0 Å². The van der Waals surface area contributed by atoms with Crippen LogP contribution >= 0.6 is 50.7 Å². The third kappa shape index (κ3) is 4.17. The minimum Gasteiger partial charge on any atom is -0.465 e. The number of aromatic nitrogens is 1. The Morgan fingerprint density at radius 3 is 2.20 bits per heavy atom. The predicted molar refractivity (Wildman–Crippen MR) is 126 cm³/mol. The zero-order valence-electron chi connectivity index (χ0n) is 16.1. The Hall–Kier alpha value is -1.79. The van der Waals surface area contributed by atoms with Crippen molar-refractivity contribution in [3.05, 3.63) is 79.0 Å². The van der Waals surface area contributed by atoms with Gasteiger partial charge < -0.3 is 9.30 Å². The second kappa shape index (κ2) is 9.56. The van der Waals surface area contributed by atoms with E-state index in [0.717, 1.165) is 5.69 Å². The van der Waals surface area contributed by atoms with E-state index in [1.165, 1.54) is 7.11 Å². The van der Waals surface area contributed by atoms with Crippen LogP contribution in [0.15, 0.2) is 47.3 Å². The molecule has 0 radical (unpaired) electrons. The number of alkyl halides is 1. The molecule has 3 aromatic rings. The molecular weight excluding hydrogens is 513 g/mol. The quantitative estimate of drug-likeness (QED) is 0.268. The molecule has 0 aliphatic rings. The maximum Gasteiger partial charge on any atom is 0.344 e. The lowest BCUT2D eigenvalue weighted by atomic mass is 9.96. The van der Waals surface area contributed by atoms with Crippen LogP contribution in [-0.2, 0) is 16.6 Å². The summed E-state index contributed by atoms with van der Waals surface area (Å²) in [5.41, 5.74) is 2.32. The Kier molecular flexibility index (Phi) is 7.30. The summed E-state index contributed by atoms with van der Waals surface area (Å²) in [6.45, 7) is 2.44. The molecule has 0 amide bonds. The van der Waals surface area contributed by atoms with Crippen molar-refractivity contribution in [2.24, 2.45) is 0 Å². The molecule has 30 heavy (non-hydrogen) atoms. The summed E-state index contributed by atoms with van der Waals surface area (Å²) in [6, 6.07) is 11.9. The molecule has 0 fully saturated rings. The fourth-order valence-corrected chi connectivity index (χ4v) is 4.41. The van der Waals surface area contributed by atoms with Gasteiger partial charge in [-0.2, -0.15) is 0 Å². The van der Waals surface area contributed by atoms with Crippen LogP contribution in [0.25, 0.3) is 22.4 Å². The van der Waals surface area contributed by atoms with Crippen molar-refractivity contribution < 1.29 is 9.53 Å². The monoisotopic (exact) mass is 527 g/mol. The molecule has 156 valence electrons. The van der Waals surface area contributed by atoms with Gasteiger partial charge in [0.05, 0.1) is 28.4 Å². The number of methoxy groups -OCH3 is 1. The summed E-state index contributed by atoms with van der Waals surface area (Å²) in [5, 5.41) is 1.64. The van der Waals surface area contributed by atoms with Gasteiger partial charge in [-0.15, -0.1) is 0 Å². The van der Waals surface area contributed by atoms with Gasteiger partial charge in [-0.3, -0.25) is 4.79 Å². The Labute approximate surface area is 197 Å². The highest BCUT2D eigenvalue weighted by molar-refractivity contribution is 9.08. The molecule has 4 nitrogen and oxygen atoms in total. The second-order valence-corrected chi connectivity index (χ2v) is 8.19. The number of halogens is 4. The van der Waals surface area contributed by atoms with Crippen LogP contribution in [0.1, 0.15) is 23.0 Å². The average Bonchev–Trinajstić information content (AvgIpc) is 2.75. The Morgan fingerprint density at radius 1 is 1.03 bits per heavy atom. The van der Waals surface area contributed by atoms with Gasteiger partial charge in [0, 0.05) is 28.2 Å². The minimum absolute atomic E-state index is 0.0626. The van der Waals surface area contributed by atoms with Crippen LogP contribution in [0, 0.1) is 0 Å². The van der Waals surface area contributed by atoms with E-state index >= 15 is 0 Å². The van der Waals surface area contributed by atoms with E-state index in [2.05, 4.69) is 15.9 Å². The first-order valence-corrected chi connectivity index (χ1v) is 11.2. The van der Waals surface area contributed by atoms with Gasteiger partial charge in [0.25, 0.3) is 0 Å². The topological polar surface area (TPSA) is 48.3 Å². The molecule has 1 heterocycles.